The van der Waals surface area contributed by atoms with Crippen molar-refractivity contribution in [3.63, 3.8) is 0 Å². The third-order valence-corrected chi connectivity index (χ3v) is 4.08. The van der Waals surface area contributed by atoms with E-state index in [0.717, 1.165) is 19.3 Å². The number of nitro groups is 1. The molecule has 1 saturated carbocycles. The van der Waals surface area contributed by atoms with Gasteiger partial charge in [-0.2, -0.15) is 4.39 Å². The third kappa shape index (κ3) is 4.00. The maximum absolute atomic E-state index is 14.0. The van der Waals surface area contributed by atoms with E-state index in [4.69, 9.17) is 4.74 Å². The fourth-order valence-electron chi connectivity index (χ4n) is 3.41. The van der Waals surface area contributed by atoms with Crippen LogP contribution in [0.3, 0.4) is 0 Å². The maximum atomic E-state index is 14.0. The minimum atomic E-state index is -0.786. The highest BCUT2D eigenvalue weighted by Gasteiger charge is 2.32. The number of halogens is 1. The molecule has 0 heterocycles. The number of hydrogen-bond acceptors (Lipinski definition) is 3. The van der Waals surface area contributed by atoms with Crippen molar-refractivity contribution < 1.29 is 14.1 Å². The SMILES string of the molecule is CC1CC(OCc2cccc([N+](=O)[O-])c2F)CC(C)(C)C1. The molecular formula is C16H22FNO3. The summed E-state index contributed by atoms with van der Waals surface area (Å²) in [4.78, 5) is 10.0. The van der Waals surface area contributed by atoms with Crippen LogP contribution in [0.1, 0.15) is 45.6 Å². The van der Waals surface area contributed by atoms with E-state index in [1.54, 1.807) is 6.07 Å². The molecule has 4 nitrogen and oxygen atoms in total. The van der Waals surface area contributed by atoms with Gasteiger partial charge >= 0.3 is 5.69 Å². The number of rotatable bonds is 4. The fraction of sp³-hybridized carbons (Fsp3) is 0.625. The largest absolute Gasteiger partial charge is 0.373 e. The molecule has 0 spiro atoms. The number of hydrogen-bond donors (Lipinski definition) is 0. The number of ether oxygens (including phenoxy) is 1. The monoisotopic (exact) mass is 295 g/mol. The van der Waals surface area contributed by atoms with Crippen LogP contribution in [0.25, 0.3) is 0 Å². The van der Waals surface area contributed by atoms with Gasteiger partial charge in [0, 0.05) is 11.6 Å². The van der Waals surface area contributed by atoms with E-state index >= 15 is 0 Å². The maximum Gasteiger partial charge on any atom is 0.305 e. The molecule has 1 aliphatic rings. The van der Waals surface area contributed by atoms with Crippen molar-refractivity contribution in [3.05, 3.63) is 39.7 Å². The molecular weight excluding hydrogens is 273 g/mol. The van der Waals surface area contributed by atoms with Crippen LogP contribution in [0.2, 0.25) is 0 Å². The predicted octanol–water partition coefficient (Wildman–Crippen LogP) is 4.47. The van der Waals surface area contributed by atoms with Gasteiger partial charge in [0.15, 0.2) is 0 Å². The van der Waals surface area contributed by atoms with Gasteiger partial charge in [0.05, 0.1) is 17.6 Å². The summed E-state index contributed by atoms with van der Waals surface area (Å²) < 4.78 is 19.8. The lowest BCUT2D eigenvalue weighted by atomic mass is 9.71. The van der Waals surface area contributed by atoms with E-state index in [1.165, 1.54) is 12.1 Å². The Balaban J connectivity index is 2.03. The van der Waals surface area contributed by atoms with Gasteiger partial charge in [-0.25, -0.2) is 0 Å². The first-order chi connectivity index (χ1) is 9.78. The van der Waals surface area contributed by atoms with E-state index in [0.29, 0.717) is 5.92 Å². The summed E-state index contributed by atoms with van der Waals surface area (Å²) in [5.74, 6) is -0.209. The molecule has 0 saturated heterocycles. The lowest BCUT2D eigenvalue weighted by Gasteiger charge is -2.38. The lowest BCUT2D eigenvalue weighted by molar-refractivity contribution is -0.387. The molecule has 1 aromatic rings. The quantitative estimate of drug-likeness (QED) is 0.608. The Morgan fingerprint density at radius 2 is 2.14 bits per heavy atom. The Kier molecular flexibility index (Phi) is 4.61. The van der Waals surface area contributed by atoms with Gasteiger partial charge in [0.2, 0.25) is 5.82 Å². The zero-order valence-corrected chi connectivity index (χ0v) is 12.8. The summed E-state index contributed by atoms with van der Waals surface area (Å²) in [6, 6.07) is 4.21. The molecule has 0 N–H and O–H groups in total. The molecule has 0 aliphatic heterocycles. The molecule has 5 heteroatoms. The molecule has 2 atom stereocenters. The van der Waals surface area contributed by atoms with Crippen molar-refractivity contribution in [2.45, 2.75) is 52.7 Å². The van der Waals surface area contributed by atoms with Crippen molar-refractivity contribution in [3.8, 4) is 0 Å². The molecule has 116 valence electrons. The molecule has 0 bridgehead atoms. The van der Waals surface area contributed by atoms with Gasteiger partial charge in [0.1, 0.15) is 0 Å². The summed E-state index contributed by atoms with van der Waals surface area (Å²) in [5.41, 5.74) is -0.0162. The standard InChI is InChI=1S/C16H22FNO3/c1-11-7-13(9-16(2,3)8-11)21-10-12-5-4-6-14(15(12)17)18(19)20/h4-6,11,13H,7-10H2,1-3H3. The molecule has 2 unspecified atom stereocenters. The molecule has 1 aromatic carbocycles. The minimum Gasteiger partial charge on any atom is -0.373 e. The Morgan fingerprint density at radius 1 is 1.43 bits per heavy atom. The normalized spacial score (nSPS) is 24.8. The van der Waals surface area contributed by atoms with Crippen LogP contribution in [-0.4, -0.2) is 11.0 Å². The van der Waals surface area contributed by atoms with Gasteiger partial charge in [0.25, 0.3) is 0 Å². The van der Waals surface area contributed by atoms with E-state index < -0.39 is 16.4 Å². The molecule has 0 amide bonds. The summed E-state index contributed by atoms with van der Waals surface area (Å²) in [6.07, 6.45) is 3.15. The number of nitro benzene ring substituents is 1. The van der Waals surface area contributed by atoms with Crippen molar-refractivity contribution in [2.24, 2.45) is 11.3 Å². The third-order valence-electron chi connectivity index (χ3n) is 4.08. The van der Waals surface area contributed by atoms with Gasteiger partial charge in [-0.05, 0) is 30.6 Å². The number of benzene rings is 1. The highest BCUT2D eigenvalue weighted by atomic mass is 19.1. The van der Waals surface area contributed by atoms with E-state index in [2.05, 4.69) is 20.8 Å². The van der Waals surface area contributed by atoms with Crippen LogP contribution in [-0.2, 0) is 11.3 Å². The Hall–Kier alpha value is -1.49. The summed E-state index contributed by atoms with van der Waals surface area (Å²) in [6.45, 7) is 6.71. The lowest BCUT2D eigenvalue weighted by Crippen LogP contribution is -2.32. The zero-order chi connectivity index (χ0) is 15.6. The topological polar surface area (TPSA) is 52.4 Å². The molecule has 0 radical (unpaired) electrons. The molecule has 2 rings (SSSR count). The second-order valence-electron chi connectivity index (χ2n) is 6.85. The van der Waals surface area contributed by atoms with Crippen LogP contribution in [0.5, 0.6) is 0 Å². The first-order valence-corrected chi connectivity index (χ1v) is 7.32. The van der Waals surface area contributed by atoms with Crippen LogP contribution in [0, 0.1) is 27.3 Å². The first-order valence-electron chi connectivity index (χ1n) is 7.32. The molecule has 1 aliphatic carbocycles. The van der Waals surface area contributed by atoms with Gasteiger partial charge < -0.3 is 4.74 Å². The Bertz CT molecular complexity index is 530. The second-order valence-corrected chi connectivity index (χ2v) is 6.85. The van der Waals surface area contributed by atoms with Crippen molar-refractivity contribution in [2.75, 3.05) is 0 Å². The van der Waals surface area contributed by atoms with Gasteiger partial charge in [-0.3, -0.25) is 10.1 Å². The predicted molar refractivity (Wildman–Crippen MR) is 78.4 cm³/mol. The first kappa shape index (κ1) is 15.9. The summed E-state index contributed by atoms with van der Waals surface area (Å²) in [5, 5.41) is 10.7. The van der Waals surface area contributed by atoms with Crippen molar-refractivity contribution >= 4 is 5.69 Å². The molecule has 0 aromatic heterocycles. The molecule has 1 fully saturated rings. The Labute approximate surface area is 124 Å². The average Bonchev–Trinajstić information content (AvgIpc) is 2.34. The van der Waals surface area contributed by atoms with Crippen molar-refractivity contribution in [1.82, 2.24) is 0 Å². The van der Waals surface area contributed by atoms with Crippen LogP contribution >= 0.6 is 0 Å². The van der Waals surface area contributed by atoms with E-state index in [1.807, 2.05) is 0 Å². The van der Waals surface area contributed by atoms with Gasteiger partial charge in [-0.1, -0.05) is 32.9 Å². The van der Waals surface area contributed by atoms with Crippen LogP contribution in [0.15, 0.2) is 18.2 Å². The second kappa shape index (κ2) is 6.10. The highest BCUT2D eigenvalue weighted by Crippen LogP contribution is 2.40. The summed E-state index contributed by atoms with van der Waals surface area (Å²) >= 11 is 0. The zero-order valence-electron chi connectivity index (χ0n) is 12.8. The van der Waals surface area contributed by atoms with E-state index in [-0.39, 0.29) is 23.7 Å². The van der Waals surface area contributed by atoms with Crippen LogP contribution < -0.4 is 0 Å². The van der Waals surface area contributed by atoms with Gasteiger partial charge in [-0.15, -0.1) is 0 Å². The van der Waals surface area contributed by atoms with Crippen LogP contribution in [0.4, 0.5) is 10.1 Å². The average molecular weight is 295 g/mol. The van der Waals surface area contributed by atoms with E-state index in [9.17, 15) is 14.5 Å². The number of nitrogens with zero attached hydrogens (tertiary/aromatic N) is 1. The minimum absolute atomic E-state index is 0.0843. The fourth-order valence-corrected chi connectivity index (χ4v) is 3.41. The van der Waals surface area contributed by atoms with Crippen molar-refractivity contribution in [1.29, 1.82) is 0 Å². The summed E-state index contributed by atoms with van der Waals surface area (Å²) in [7, 11) is 0. The smallest absolute Gasteiger partial charge is 0.305 e. The molecule has 21 heavy (non-hydrogen) atoms. The highest BCUT2D eigenvalue weighted by molar-refractivity contribution is 5.36. The Morgan fingerprint density at radius 3 is 2.76 bits per heavy atom.